The van der Waals surface area contributed by atoms with Gasteiger partial charge in [0, 0.05) is 19.7 Å². The van der Waals surface area contributed by atoms with Gasteiger partial charge in [0.1, 0.15) is 0 Å². The molecule has 1 saturated carbocycles. The van der Waals surface area contributed by atoms with Crippen LogP contribution in [0.1, 0.15) is 32.6 Å². The molecule has 0 unspecified atom stereocenters. The highest BCUT2D eigenvalue weighted by Gasteiger charge is 2.33. The van der Waals surface area contributed by atoms with E-state index in [0.29, 0.717) is 12.1 Å². The molecule has 2 atom stereocenters. The Morgan fingerprint density at radius 3 is 2.77 bits per heavy atom. The fourth-order valence-electron chi connectivity index (χ4n) is 2.40. The van der Waals surface area contributed by atoms with Gasteiger partial charge in [-0.25, -0.2) is 0 Å². The summed E-state index contributed by atoms with van der Waals surface area (Å²) in [5, 5.41) is 0. The zero-order valence-electron chi connectivity index (χ0n) is 8.83. The number of likely N-dealkylation sites (tertiary alicyclic amines) is 1. The lowest BCUT2D eigenvalue weighted by atomic mass is 10.1. The van der Waals surface area contributed by atoms with Crippen molar-refractivity contribution >= 4 is 0 Å². The summed E-state index contributed by atoms with van der Waals surface area (Å²) in [7, 11) is 1.83. The van der Waals surface area contributed by atoms with Gasteiger partial charge in [-0.15, -0.1) is 0 Å². The molecule has 2 fully saturated rings. The Morgan fingerprint density at radius 2 is 2.15 bits per heavy atom. The molecule has 0 bridgehead atoms. The molecule has 1 saturated heterocycles. The quantitative estimate of drug-likeness (QED) is 0.660. The summed E-state index contributed by atoms with van der Waals surface area (Å²) in [5.41, 5.74) is 0. The van der Waals surface area contributed by atoms with Crippen LogP contribution in [0.3, 0.4) is 0 Å². The second kappa shape index (κ2) is 3.97. The molecule has 13 heavy (non-hydrogen) atoms. The van der Waals surface area contributed by atoms with E-state index in [4.69, 9.17) is 4.74 Å². The van der Waals surface area contributed by atoms with Crippen LogP contribution >= 0.6 is 0 Å². The third kappa shape index (κ3) is 2.23. The first-order valence-corrected chi connectivity index (χ1v) is 5.58. The second-order valence-corrected chi connectivity index (χ2v) is 4.59. The predicted molar refractivity (Wildman–Crippen MR) is 53.8 cm³/mol. The highest BCUT2D eigenvalue weighted by molar-refractivity contribution is 4.87. The van der Waals surface area contributed by atoms with Crippen molar-refractivity contribution in [1.29, 1.82) is 0 Å². The van der Waals surface area contributed by atoms with Gasteiger partial charge in [0.05, 0.1) is 6.10 Å². The Balaban J connectivity index is 1.84. The third-order valence-electron chi connectivity index (χ3n) is 3.52. The second-order valence-electron chi connectivity index (χ2n) is 4.59. The van der Waals surface area contributed by atoms with Crippen molar-refractivity contribution in [3.63, 3.8) is 0 Å². The minimum absolute atomic E-state index is 0.418. The molecule has 0 N–H and O–H groups in total. The zero-order chi connectivity index (χ0) is 9.26. The Morgan fingerprint density at radius 1 is 1.38 bits per heavy atom. The lowest BCUT2D eigenvalue weighted by Crippen LogP contribution is -2.39. The molecule has 0 amide bonds. The van der Waals surface area contributed by atoms with Crippen molar-refractivity contribution in [2.45, 2.75) is 44.8 Å². The van der Waals surface area contributed by atoms with Crippen molar-refractivity contribution in [3.8, 4) is 0 Å². The first kappa shape index (κ1) is 9.47. The molecule has 0 aromatic rings. The van der Waals surface area contributed by atoms with Crippen LogP contribution in [0, 0.1) is 5.92 Å². The Hall–Kier alpha value is -0.0800. The van der Waals surface area contributed by atoms with Crippen molar-refractivity contribution in [2.75, 3.05) is 20.2 Å². The van der Waals surface area contributed by atoms with E-state index < -0.39 is 0 Å². The van der Waals surface area contributed by atoms with Crippen molar-refractivity contribution < 1.29 is 4.74 Å². The lowest BCUT2D eigenvalue weighted by molar-refractivity contribution is 0.0424. The van der Waals surface area contributed by atoms with E-state index in [1.807, 2.05) is 7.11 Å². The average molecular weight is 183 g/mol. The van der Waals surface area contributed by atoms with Crippen LogP contribution in [0.25, 0.3) is 0 Å². The molecule has 2 nitrogen and oxygen atoms in total. The SMILES string of the molecule is CO[C@@H](C)[C@@H]1CCCN1CC1CC1. The van der Waals surface area contributed by atoms with Gasteiger partial charge in [-0.05, 0) is 45.1 Å². The summed E-state index contributed by atoms with van der Waals surface area (Å²) in [4.78, 5) is 2.64. The molecule has 1 aliphatic carbocycles. The maximum Gasteiger partial charge on any atom is 0.0698 e. The van der Waals surface area contributed by atoms with Crippen LogP contribution in [-0.4, -0.2) is 37.2 Å². The summed E-state index contributed by atoms with van der Waals surface area (Å²) in [6, 6.07) is 0.700. The van der Waals surface area contributed by atoms with E-state index in [0.717, 1.165) is 5.92 Å². The highest BCUT2D eigenvalue weighted by Crippen LogP contribution is 2.33. The molecule has 76 valence electrons. The van der Waals surface area contributed by atoms with Crippen molar-refractivity contribution in [2.24, 2.45) is 5.92 Å². The largest absolute Gasteiger partial charge is 0.380 e. The smallest absolute Gasteiger partial charge is 0.0698 e. The Labute approximate surface area is 81.3 Å². The molecule has 0 aromatic heterocycles. The summed E-state index contributed by atoms with van der Waals surface area (Å²) in [5.74, 6) is 1.02. The topological polar surface area (TPSA) is 12.5 Å². The molecule has 0 radical (unpaired) electrons. The maximum atomic E-state index is 5.42. The molecule has 1 aliphatic heterocycles. The van der Waals surface area contributed by atoms with E-state index >= 15 is 0 Å². The van der Waals surface area contributed by atoms with Gasteiger partial charge in [0.2, 0.25) is 0 Å². The van der Waals surface area contributed by atoms with E-state index in [9.17, 15) is 0 Å². The van der Waals surface area contributed by atoms with Gasteiger partial charge < -0.3 is 4.74 Å². The summed E-state index contributed by atoms with van der Waals surface area (Å²) in [6.45, 7) is 4.84. The molecule has 0 spiro atoms. The molecule has 0 aromatic carbocycles. The van der Waals surface area contributed by atoms with Crippen LogP contribution in [0.4, 0.5) is 0 Å². The molecule has 2 rings (SSSR count). The number of nitrogens with zero attached hydrogens (tertiary/aromatic N) is 1. The number of hydrogen-bond donors (Lipinski definition) is 0. The third-order valence-corrected chi connectivity index (χ3v) is 3.52. The number of rotatable bonds is 4. The number of methoxy groups -OCH3 is 1. The Kier molecular flexibility index (Phi) is 2.89. The van der Waals surface area contributed by atoms with E-state index in [-0.39, 0.29) is 0 Å². The summed E-state index contributed by atoms with van der Waals surface area (Å²) >= 11 is 0. The van der Waals surface area contributed by atoms with Gasteiger partial charge in [-0.2, -0.15) is 0 Å². The molecular weight excluding hydrogens is 162 g/mol. The van der Waals surface area contributed by atoms with Gasteiger partial charge in [-0.3, -0.25) is 4.90 Å². The summed E-state index contributed by atoms with van der Waals surface area (Å²) < 4.78 is 5.42. The van der Waals surface area contributed by atoms with Crippen molar-refractivity contribution in [1.82, 2.24) is 4.90 Å². The predicted octanol–water partition coefficient (Wildman–Crippen LogP) is 1.90. The monoisotopic (exact) mass is 183 g/mol. The molecule has 1 heterocycles. The van der Waals surface area contributed by atoms with Gasteiger partial charge >= 0.3 is 0 Å². The van der Waals surface area contributed by atoms with Crippen LogP contribution in [0.2, 0.25) is 0 Å². The van der Waals surface area contributed by atoms with E-state index in [1.54, 1.807) is 0 Å². The summed E-state index contributed by atoms with van der Waals surface area (Å²) in [6.07, 6.45) is 6.04. The first-order chi connectivity index (χ1) is 6.31. The standard InChI is InChI=1S/C11H21NO/c1-9(13-2)11-4-3-7-12(11)8-10-5-6-10/h9-11H,3-8H2,1-2H3/t9-,11-/m0/s1. The maximum absolute atomic E-state index is 5.42. The van der Waals surface area contributed by atoms with Crippen LogP contribution in [0.5, 0.6) is 0 Å². The highest BCUT2D eigenvalue weighted by atomic mass is 16.5. The number of hydrogen-bond acceptors (Lipinski definition) is 2. The fraction of sp³-hybridized carbons (Fsp3) is 1.00. The number of ether oxygens (including phenoxy) is 1. The first-order valence-electron chi connectivity index (χ1n) is 5.58. The minimum Gasteiger partial charge on any atom is -0.380 e. The molecule has 2 heteroatoms. The fourth-order valence-corrected chi connectivity index (χ4v) is 2.40. The van der Waals surface area contributed by atoms with E-state index in [1.165, 1.54) is 38.8 Å². The van der Waals surface area contributed by atoms with Gasteiger partial charge in [0.25, 0.3) is 0 Å². The molecule has 2 aliphatic rings. The van der Waals surface area contributed by atoms with Gasteiger partial charge in [0.15, 0.2) is 0 Å². The van der Waals surface area contributed by atoms with Crippen LogP contribution in [0.15, 0.2) is 0 Å². The van der Waals surface area contributed by atoms with Gasteiger partial charge in [-0.1, -0.05) is 0 Å². The lowest BCUT2D eigenvalue weighted by Gasteiger charge is -2.28. The minimum atomic E-state index is 0.418. The average Bonchev–Trinajstić information content (AvgIpc) is 2.82. The van der Waals surface area contributed by atoms with Crippen molar-refractivity contribution in [3.05, 3.63) is 0 Å². The normalized spacial score (nSPS) is 32.3. The van der Waals surface area contributed by atoms with E-state index in [2.05, 4.69) is 11.8 Å². The van der Waals surface area contributed by atoms with Crippen LogP contribution in [-0.2, 0) is 4.74 Å². The van der Waals surface area contributed by atoms with Crippen LogP contribution < -0.4 is 0 Å². The zero-order valence-corrected chi connectivity index (χ0v) is 8.83. The molecular formula is C11H21NO. The Bertz CT molecular complexity index is 167.